The topological polar surface area (TPSA) is 20.2 Å². The normalized spacial score (nSPS) is 27.2. The Morgan fingerprint density at radius 1 is 1.33 bits per heavy atom. The molecular weight excluding hydrogens is 254 g/mol. The van der Waals surface area contributed by atoms with Crippen LogP contribution in [0.25, 0.3) is 0 Å². The molecule has 0 bridgehead atoms. The molecule has 1 saturated heterocycles. The molecule has 1 aromatic carbocycles. The second-order valence-electron chi connectivity index (χ2n) is 5.61. The van der Waals surface area contributed by atoms with Gasteiger partial charge in [-0.05, 0) is 29.2 Å². The van der Waals surface area contributed by atoms with Crippen LogP contribution in [0, 0.1) is 17.0 Å². The van der Waals surface area contributed by atoms with E-state index in [1.54, 1.807) is 17.8 Å². The largest absolute Gasteiger partial charge is 0.388 e. The lowest BCUT2D eigenvalue weighted by Gasteiger charge is -2.46. The first-order valence-corrected chi connectivity index (χ1v) is 7.24. The summed E-state index contributed by atoms with van der Waals surface area (Å²) < 4.78 is 26.9. The second kappa shape index (κ2) is 4.82. The molecule has 0 amide bonds. The second-order valence-corrected chi connectivity index (χ2v) is 6.71. The monoisotopic (exact) mass is 272 g/mol. The molecule has 1 nitrogen and oxygen atoms in total. The van der Waals surface area contributed by atoms with Gasteiger partial charge in [-0.15, -0.1) is 0 Å². The van der Waals surface area contributed by atoms with Crippen LogP contribution in [0.3, 0.4) is 0 Å². The molecule has 1 heterocycles. The van der Waals surface area contributed by atoms with Gasteiger partial charge < -0.3 is 5.11 Å². The fraction of sp³-hybridized carbons (Fsp3) is 0.571. The van der Waals surface area contributed by atoms with Gasteiger partial charge in [-0.1, -0.05) is 26.0 Å². The van der Waals surface area contributed by atoms with E-state index in [1.807, 2.05) is 13.8 Å². The van der Waals surface area contributed by atoms with E-state index in [2.05, 4.69) is 0 Å². The highest BCUT2D eigenvalue weighted by atomic mass is 32.2. The molecule has 1 N–H and O–H groups in total. The summed E-state index contributed by atoms with van der Waals surface area (Å²) in [6.45, 7) is 3.98. The van der Waals surface area contributed by atoms with Crippen molar-refractivity contribution < 1.29 is 13.9 Å². The Balaban J connectivity index is 2.29. The molecular formula is C14H18F2OS. The van der Waals surface area contributed by atoms with E-state index in [4.69, 9.17) is 0 Å². The first-order valence-electron chi connectivity index (χ1n) is 6.09. The molecule has 100 valence electrons. The van der Waals surface area contributed by atoms with E-state index < -0.39 is 17.2 Å². The molecule has 18 heavy (non-hydrogen) atoms. The average molecular weight is 272 g/mol. The number of halogens is 2. The van der Waals surface area contributed by atoms with E-state index in [9.17, 15) is 13.9 Å². The van der Waals surface area contributed by atoms with Gasteiger partial charge in [0.2, 0.25) is 0 Å². The highest BCUT2D eigenvalue weighted by molar-refractivity contribution is 7.99. The zero-order chi connectivity index (χ0) is 13.4. The van der Waals surface area contributed by atoms with Crippen LogP contribution in [0.15, 0.2) is 18.2 Å². The van der Waals surface area contributed by atoms with Gasteiger partial charge in [-0.2, -0.15) is 11.8 Å². The maximum absolute atomic E-state index is 13.7. The Morgan fingerprint density at radius 3 is 2.72 bits per heavy atom. The Hall–Kier alpha value is -0.610. The van der Waals surface area contributed by atoms with Crippen LogP contribution < -0.4 is 0 Å². The number of hydrogen-bond donors (Lipinski definition) is 1. The van der Waals surface area contributed by atoms with Crippen molar-refractivity contribution in [3.05, 3.63) is 35.4 Å². The zero-order valence-electron chi connectivity index (χ0n) is 10.7. The summed E-state index contributed by atoms with van der Waals surface area (Å²) in [6, 6.07) is 4.13. The van der Waals surface area contributed by atoms with Crippen LogP contribution in [0.1, 0.15) is 25.8 Å². The number of benzene rings is 1. The van der Waals surface area contributed by atoms with Gasteiger partial charge in [-0.25, -0.2) is 8.78 Å². The minimum Gasteiger partial charge on any atom is -0.388 e. The predicted octanol–water partition coefficient (Wildman–Crippen LogP) is 3.40. The summed E-state index contributed by atoms with van der Waals surface area (Å²) >= 11 is 1.67. The number of thioether (sulfide) groups is 1. The minimum absolute atomic E-state index is 0.163. The van der Waals surface area contributed by atoms with E-state index in [0.29, 0.717) is 5.75 Å². The summed E-state index contributed by atoms with van der Waals surface area (Å²) in [5, 5.41) is 10.8. The lowest BCUT2D eigenvalue weighted by atomic mass is 9.70. The number of rotatable bonds is 2. The van der Waals surface area contributed by atoms with Crippen LogP contribution in [0.2, 0.25) is 0 Å². The lowest BCUT2D eigenvalue weighted by molar-refractivity contribution is -0.0518. The highest BCUT2D eigenvalue weighted by Gasteiger charge is 2.45. The molecule has 0 spiro atoms. The quantitative estimate of drug-likeness (QED) is 0.890. The van der Waals surface area contributed by atoms with Crippen molar-refractivity contribution in [2.24, 2.45) is 5.41 Å². The lowest BCUT2D eigenvalue weighted by Crippen LogP contribution is -2.51. The molecule has 0 aliphatic carbocycles. The van der Waals surface area contributed by atoms with Crippen molar-refractivity contribution in [1.82, 2.24) is 0 Å². The summed E-state index contributed by atoms with van der Waals surface area (Å²) in [4.78, 5) is 0. The van der Waals surface area contributed by atoms with E-state index >= 15 is 0 Å². The maximum atomic E-state index is 13.7. The third-order valence-electron chi connectivity index (χ3n) is 3.99. The van der Waals surface area contributed by atoms with Gasteiger partial charge in [0.05, 0.1) is 5.60 Å². The summed E-state index contributed by atoms with van der Waals surface area (Å²) in [7, 11) is 0. The zero-order valence-corrected chi connectivity index (χ0v) is 11.5. The molecule has 0 aromatic heterocycles. The Labute approximate surface area is 111 Å². The Morgan fingerprint density at radius 2 is 2.06 bits per heavy atom. The SMILES string of the molecule is CC1(C)CCSCC1(O)Cc1cccc(F)c1F. The summed E-state index contributed by atoms with van der Waals surface area (Å²) in [6.07, 6.45) is 1.04. The van der Waals surface area contributed by atoms with Gasteiger partial charge in [-0.3, -0.25) is 0 Å². The van der Waals surface area contributed by atoms with E-state index in [1.165, 1.54) is 6.07 Å². The summed E-state index contributed by atoms with van der Waals surface area (Å²) in [5.74, 6) is -0.119. The highest BCUT2D eigenvalue weighted by Crippen LogP contribution is 2.44. The minimum atomic E-state index is -0.982. The molecule has 4 heteroatoms. The van der Waals surface area contributed by atoms with Crippen LogP contribution >= 0.6 is 11.8 Å². The molecule has 0 saturated carbocycles. The fourth-order valence-electron chi connectivity index (χ4n) is 2.29. The van der Waals surface area contributed by atoms with Gasteiger partial charge in [0, 0.05) is 12.2 Å². The van der Waals surface area contributed by atoms with Crippen LogP contribution in [0.5, 0.6) is 0 Å². The van der Waals surface area contributed by atoms with Gasteiger partial charge in [0.1, 0.15) is 0 Å². The van der Waals surface area contributed by atoms with Crippen molar-refractivity contribution in [3.63, 3.8) is 0 Å². The van der Waals surface area contributed by atoms with Gasteiger partial charge >= 0.3 is 0 Å². The van der Waals surface area contributed by atoms with Crippen molar-refractivity contribution in [3.8, 4) is 0 Å². The molecule has 1 atom stereocenters. The fourth-order valence-corrected chi connectivity index (χ4v) is 3.92. The third-order valence-corrected chi connectivity index (χ3v) is 5.16. The average Bonchev–Trinajstić information content (AvgIpc) is 2.29. The van der Waals surface area contributed by atoms with Crippen LogP contribution in [-0.2, 0) is 6.42 Å². The Kier molecular flexibility index (Phi) is 3.70. The summed E-state index contributed by atoms with van der Waals surface area (Å²) in [5.41, 5.74) is -1.00. The molecule has 1 aliphatic heterocycles. The van der Waals surface area contributed by atoms with Crippen LogP contribution in [-0.4, -0.2) is 22.2 Å². The van der Waals surface area contributed by atoms with E-state index in [0.717, 1.165) is 18.2 Å². The van der Waals surface area contributed by atoms with Crippen molar-refractivity contribution in [2.45, 2.75) is 32.3 Å². The number of hydrogen-bond acceptors (Lipinski definition) is 2. The first-order chi connectivity index (χ1) is 8.36. The van der Waals surface area contributed by atoms with Crippen molar-refractivity contribution in [1.29, 1.82) is 0 Å². The molecule has 0 radical (unpaired) electrons. The van der Waals surface area contributed by atoms with Crippen molar-refractivity contribution >= 4 is 11.8 Å². The van der Waals surface area contributed by atoms with Gasteiger partial charge in [0.15, 0.2) is 11.6 Å². The molecule has 2 rings (SSSR count). The standard InChI is InChI=1S/C14H18F2OS/c1-13(2)6-7-18-9-14(13,17)8-10-4-3-5-11(15)12(10)16/h3-5,17H,6-9H2,1-2H3. The molecule has 1 unspecified atom stereocenters. The predicted molar refractivity (Wildman–Crippen MR) is 70.7 cm³/mol. The third kappa shape index (κ3) is 2.41. The molecule has 1 aromatic rings. The molecule has 1 fully saturated rings. The maximum Gasteiger partial charge on any atom is 0.162 e. The Bertz CT molecular complexity index is 447. The number of aliphatic hydroxyl groups is 1. The van der Waals surface area contributed by atoms with E-state index in [-0.39, 0.29) is 17.4 Å². The van der Waals surface area contributed by atoms with Crippen LogP contribution in [0.4, 0.5) is 8.78 Å². The van der Waals surface area contributed by atoms with Gasteiger partial charge in [0.25, 0.3) is 0 Å². The first kappa shape index (κ1) is 13.8. The molecule has 1 aliphatic rings. The van der Waals surface area contributed by atoms with Crippen molar-refractivity contribution in [2.75, 3.05) is 11.5 Å². The smallest absolute Gasteiger partial charge is 0.162 e.